The molecule has 3 aromatic rings. The summed E-state index contributed by atoms with van der Waals surface area (Å²) in [5, 5.41) is 12.9. The van der Waals surface area contributed by atoms with Gasteiger partial charge in [-0.15, -0.1) is 5.10 Å². The largest absolute Gasteiger partial charge is 0.442 e. The number of hydrogen-bond donors (Lipinski definition) is 2. The van der Waals surface area contributed by atoms with Crippen LogP contribution >= 0.6 is 0 Å². The Morgan fingerprint density at radius 2 is 2.09 bits per heavy atom. The van der Waals surface area contributed by atoms with Crippen LogP contribution < -0.4 is 10.2 Å². The molecule has 0 saturated carbocycles. The molecule has 2 amide bonds. The number of nitrogens with zero attached hydrogens (tertiary/aromatic N) is 3. The Balaban J connectivity index is 1.45. The Morgan fingerprint density at radius 1 is 1.31 bits per heavy atom. The zero-order valence-electron chi connectivity index (χ0n) is 17.1. The summed E-state index contributed by atoms with van der Waals surface area (Å²) < 4.78 is 32.3. The number of ether oxygens (including phenoxy) is 1. The van der Waals surface area contributed by atoms with E-state index in [0.717, 1.165) is 5.56 Å². The molecule has 1 aliphatic rings. The van der Waals surface area contributed by atoms with E-state index in [1.807, 2.05) is 0 Å². The van der Waals surface area contributed by atoms with Gasteiger partial charge in [-0.25, -0.2) is 9.18 Å². The van der Waals surface area contributed by atoms with Gasteiger partial charge in [0.2, 0.25) is 5.91 Å². The molecule has 1 saturated heterocycles. The van der Waals surface area contributed by atoms with Crippen LogP contribution in [0.3, 0.4) is 0 Å². The van der Waals surface area contributed by atoms with E-state index in [9.17, 15) is 18.2 Å². The quantitative estimate of drug-likeness (QED) is 0.563. The van der Waals surface area contributed by atoms with Crippen LogP contribution in [0.1, 0.15) is 12.5 Å². The maximum absolute atomic E-state index is 14.9. The number of H-pyrrole nitrogens is 1. The van der Waals surface area contributed by atoms with Crippen molar-refractivity contribution in [2.24, 2.45) is 0 Å². The minimum absolute atomic E-state index is 0.200. The van der Waals surface area contributed by atoms with Crippen molar-refractivity contribution < 1.29 is 22.9 Å². The number of anilines is 1. The highest BCUT2D eigenvalue weighted by Crippen LogP contribution is 2.29. The highest BCUT2D eigenvalue weighted by Gasteiger charge is 2.32. The predicted molar refractivity (Wildman–Crippen MR) is 115 cm³/mol. The molecule has 1 fully saturated rings. The Hall–Kier alpha value is -3.60. The lowest BCUT2D eigenvalue weighted by Crippen LogP contribution is -2.33. The van der Waals surface area contributed by atoms with E-state index in [4.69, 9.17) is 4.74 Å². The second-order valence-electron chi connectivity index (χ2n) is 7.21. The van der Waals surface area contributed by atoms with Crippen LogP contribution in [0.2, 0.25) is 0 Å². The Labute approximate surface area is 185 Å². The molecule has 0 bridgehead atoms. The van der Waals surface area contributed by atoms with Crippen LogP contribution in [-0.2, 0) is 26.1 Å². The fourth-order valence-electron chi connectivity index (χ4n) is 3.31. The van der Waals surface area contributed by atoms with E-state index < -0.39 is 28.8 Å². The Kier molecular flexibility index (Phi) is 6.26. The van der Waals surface area contributed by atoms with E-state index in [0.29, 0.717) is 21.8 Å². The van der Waals surface area contributed by atoms with Gasteiger partial charge in [-0.2, -0.15) is 10.3 Å². The number of carbonyl (C=O) groups excluding carboxylic acids is 2. The average molecular weight is 457 g/mol. The minimum atomic E-state index is -1.33. The number of benzene rings is 2. The molecule has 2 atom stereocenters. The van der Waals surface area contributed by atoms with Crippen molar-refractivity contribution in [3.05, 3.63) is 60.0 Å². The summed E-state index contributed by atoms with van der Waals surface area (Å²) in [6.07, 6.45) is 0.334. The minimum Gasteiger partial charge on any atom is -0.442 e. The SMILES string of the molecule is CC(=O)NC[C@H]1CN(c2ccc(-c3ccc(C[S@](=O)c4cn[nH]n4)cc3)c(F)c2)C(=O)O1. The lowest BCUT2D eigenvalue weighted by Gasteiger charge is -2.14. The maximum atomic E-state index is 14.9. The van der Waals surface area contributed by atoms with Gasteiger partial charge >= 0.3 is 6.09 Å². The third-order valence-corrected chi connectivity index (χ3v) is 6.16. The van der Waals surface area contributed by atoms with Crippen molar-refractivity contribution in [2.45, 2.75) is 23.8 Å². The molecule has 166 valence electrons. The highest BCUT2D eigenvalue weighted by atomic mass is 32.2. The van der Waals surface area contributed by atoms with Crippen molar-refractivity contribution in [2.75, 3.05) is 18.0 Å². The molecule has 2 N–H and O–H groups in total. The smallest absolute Gasteiger partial charge is 0.414 e. The van der Waals surface area contributed by atoms with Gasteiger partial charge < -0.3 is 10.1 Å². The van der Waals surface area contributed by atoms with Crippen molar-refractivity contribution in [3.63, 3.8) is 0 Å². The van der Waals surface area contributed by atoms with Crippen molar-refractivity contribution in [1.82, 2.24) is 20.7 Å². The van der Waals surface area contributed by atoms with E-state index >= 15 is 0 Å². The molecule has 0 spiro atoms. The molecular weight excluding hydrogens is 437 g/mol. The molecule has 4 rings (SSSR count). The number of nitrogens with one attached hydrogen (secondary N) is 2. The number of rotatable bonds is 7. The molecular formula is C21H20FN5O4S. The first-order chi connectivity index (χ1) is 15.4. The standard InChI is InChI=1S/C21H20FN5O4S/c1-13(28)23-9-17-11-27(21(29)31-17)16-6-7-18(19(22)8-16)15-4-2-14(3-5-15)12-32(30)20-10-24-26-25-20/h2-8,10,17H,9,11-12H2,1H3,(H,23,28)(H,24,25,26)/t17-,32-/m0/s1. The molecule has 2 aromatic carbocycles. The molecule has 2 heterocycles. The van der Waals surface area contributed by atoms with Crippen molar-refractivity contribution >= 4 is 28.5 Å². The first kappa shape index (κ1) is 21.6. The molecule has 0 aliphatic carbocycles. The fourth-order valence-corrected chi connectivity index (χ4v) is 4.26. The molecule has 0 radical (unpaired) electrons. The van der Waals surface area contributed by atoms with E-state index in [-0.39, 0.29) is 24.7 Å². The number of amides is 2. The zero-order valence-corrected chi connectivity index (χ0v) is 17.9. The molecule has 0 unspecified atom stereocenters. The van der Waals surface area contributed by atoms with Crippen LogP contribution in [0.25, 0.3) is 11.1 Å². The van der Waals surface area contributed by atoms with Crippen molar-refractivity contribution in [1.29, 1.82) is 0 Å². The van der Waals surface area contributed by atoms with E-state index in [1.165, 1.54) is 24.1 Å². The predicted octanol–water partition coefficient (Wildman–Crippen LogP) is 2.38. The van der Waals surface area contributed by atoms with Gasteiger partial charge in [0.15, 0.2) is 5.03 Å². The van der Waals surface area contributed by atoms with Crippen LogP contribution in [0.4, 0.5) is 14.9 Å². The molecule has 1 aromatic heterocycles. The van der Waals surface area contributed by atoms with Gasteiger partial charge in [0, 0.05) is 12.5 Å². The Morgan fingerprint density at radius 3 is 2.75 bits per heavy atom. The average Bonchev–Trinajstić information content (AvgIpc) is 3.43. The summed E-state index contributed by atoms with van der Waals surface area (Å²) in [5.41, 5.74) is 2.22. The second-order valence-corrected chi connectivity index (χ2v) is 8.61. The molecule has 11 heteroatoms. The zero-order chi connectivity index (χ0) is 22.7. The van der Waals surface area contributed by atoms with Crippen LogP contribution in [0.5, 0.6) is 0 Å². The first-order valence-electron chi connectivity index (χ1n) is 9.76. The fraction of sp³-hybridized carbons (Fsp3) is 0.238. The number of hydrogen-bond acceptors (Lipinski definition) is 6. The second kappa shape index (κ2) is 9.27. The number of aromatic amines is 1. The molecule has 1 aliphatic heterocycles. The van der Waals surface area contributed by atoms with Gasteiger partial charge in [-0.3, -0.25) is 13.9 Å². The first-order valence-corrected chi connectivity index (χ1v) is 11.1. The van der Waals surface area contributed by atoms with Crippen LogP contribution in [0.15, 0.2) is 53.7 Å². The number of aromatic nitrogens is 3. The van der Waals surface area contributed by atoms with Crippen LogP contribution in [-0.4, -0.2) is 50.8 Å². The Bertz CT molecular complexity index is 1150. The van der Waals surface area contributed by atoms with E-state index in [2.05, 4.69) is 20.7 Å². The lowest BCUT2D eigenvalue weighted by atomic mass is 10.0. The van der Waals surface area contributed by atoms with E-state index in [1.54, 1.807) is 36.4 Å². The lowest BCUT2D eigenvalue weighted by molar-refractivity contribution is -0.119. The summed E-state index contributed by atoms with van der Waals surface area (Å²) in [7, 11) is -1.33. The molecule has 32 heavy (non-hydrogen) atoms. The highest BCUT2D eigenvalue weighted by molar-refractivity contribution is 7.84. The summed E-state index contributed by atoms with van der Waals surface area (Å²) in [6.45, 7) is 1.80. The number of carbonyl (C=O) groups is 2. The topological polar surface area (TPSA) is 117 Å². The normalized spacial score (nSPS) is 16.6. The monoisotopic (exact) mass is 457 g/mol. The maximum Gasteiger partial charge on any atom is 0.414 e. The number of cyclic esters (lactones) is 1. The van der Waals surface area contributed by atoms with Gasteiger partial charge in [0.1, 0.15) is 11.9 Å². The summed E-state index contributed by atoms with van der Waals surface area (Å²) in [5.74, 6) is -0.435. The van der Waals surface area contributed by atoms with Gasteiger partial charge in [-0.05, 0) is 29.3 Å². The summed E-state index contributed by atoms with van der Waals surface area (Å²) >= 11 is 0. The molecule has 9 nitrogen and oxygen atoms in total. The van der Waals surface area contributed by atoms with Gasteiger partial charge in [0.25, 0.3) is 0 Å². The van der Waals surface area contributed by atoms with Crippen LogP contribution in [0, 0.1) is 5.82 Å². The summed E-state index contributed by atoms with van der Waals surface area (Å²) in [4.78, 5) is 24.5. The third-order valence-electron chi connectivity index (χ3n) is 4.91. The summed E-state index contributed by atoms with van der Waals surface area (Å²) in [6, 6.07) is 11.6. The third kappa shape index (κ3) is 4.83. The van der Waals surface area contributed by atoms with Gasteiger partial charge in [0.05, 0.1) is 41.5 Å². The van der Waals surface area contributed by atoms with Gasteiger partial charge in [-0.1, -0.05) is 24.3 Å². The number of halogens is 1. The van der Waals surface area contributed by atoms with Crippen molar-refractivity contribution in [3.8, 4) is 11.1 Å².